The number of para-hydroxylation sites is 2. The van der Waals surface area contributed by atoms with E-state index in [0.717, 1.165) is 112 Å². The standard InChI is InChI=1S/C88H56F6N8/c1-53-38-54(2)40-63(39-53)61-34-36-79-75(50-61)73-30-15-17-32-77(73)101(79)71-46-64(42-67(48-71)85-97-81(55-20-7-3-8-21-55)95-82(98-85)56-22-9-4-10-23-56)59-28-19-29-60(41-59)65-43-68(86-99-83(57-24-11-5-12-25-57)96-84(100-86)58-26-13-6-14-27-58)49-72(47-65)102-78-33-18-16-31-74(78)76-51-62(35-37-80(76)102)66-44-69(87(89,90)91)52-70(45-66)88(92,93)94/h3-52H,1-2H3. The average molecular weight is 1340 g/mol. The van der Waals surface area contributed by atoms with Crippen LogP contribution in [0.1, 0.15) is 22.3 Å². The quantitative estimate of drug-likeness (QED) is 0.113. The summed E-state index contributed by atoms with van der Waals surface area (Å²) in [5.74, 6) is 2.78. The lowest BCUT2D eigenvalue weighted by Crippen LogP contribution is -2.11. The van der Waals surface area contributed by atoms with Crippen LogP contribution in [0.15, 0.2) is 303 Å². The van der Waals surface area contributed by atoms with E-state index in [1.165, 1.54) is 11.1 Å². The van der Waals surface area contributed by atoms with Crippen molar-refractivity contribution >= 4 is 43.6 Å². The van der Waals surface area contributed by atoms with Gasteiger partial charge in [-0.3, -0.25) is 0 Å². The highest BCUT2D eigenvalue weighted by Gasteiger charge is 2.37. The Labute approximate surface area is 581 Å². The Hall–Kier alpha value is -12.9. The van der Waals surface area contributed by atoms with E-state index >= 15 is 0 Å². The van der Waals surface area contributed by atoms with Gasteiger partial charge in [0.2, 0.25) is 0 Å². The highest BCUT2D eigenvalue weighted by molar-refractivity contribution is 6.12. The normalized spacial score (nSPS) is 11.9. The SMILES string of the molecule is Cc1cc(C)cc(-c2ccc3c(c2)c2ccccc2n3-c2cc(-c3cccc(-c4cc(-c5nc(-c6ccccc6)nc(-c6ccccc6)n5)cc(-n5c6ccccc6c6cc(-c7cc(C(F)(F)F)cc(C(F)(F)F)c7)ccc65)c4)c3)cc(-c3nc(-c4ccccc4)nc(-c4ccccc4)n3)c2)c1. The maximum absolute atomic E-state index is 14.4. The molecule has 0 atom stereocenters. The molecule has 0 aliphatic carbocycles. The molecular formula is C88H56F6N8. The van der Waals surface area contributed by atoms with Crippen molar-refractivity contribution in [1.29, 1.82) is 0 Å². The van der Waals surface area contributed by atoms with Crippen LogP contribution in [0, 0.1) is 13.8 Å². The highest BCUT2D eigenvalue weighted by Crippen LogP contribution is 2.44. The van der Waals surface area contributed by atoms with Gasteiger partial charge < -0.3 is 9.13 Å². The molecule has 8 nitrogen and oxygen atoms in total. The number of aromatic nitrogens is 8. The van der Waals surface area contributed by atoms with Crippen LogP contribution in [-0.2, 0) is 12.4 Å². The Morgan fingerprint density at radius 2 is 0.500 bits per heavy atom. The number of halogens is 6. The minimum Gasteiger partial charge on any atom is -0.309 e. The van der Waals surface area contributed by atoms with Gasteiger partial charge >= 0.3 is 12.4 Å². The molecule has 17 rings (SSSR count). The molecule has 0 unspecified atom stereocenters. The number of benzene rings is 13. The predicted octanol–water partition coefficient (Wildman–Crippen LogP) is 23.6. The van der Waals surface area contributed by atoms with Gasteiger partial charge in [0, 0.05) is 66.3 Å². The molecule has 0 bridgehead atoms. The van der Waals surface area contributed by atoms with Crippen LogP contribution < -0.4 is 0 Å². The van der Waals surface area contributed by atoms with Crippen molar-refractivity contribution < 1.29 is 26.3 Å². The molecule has 14 heteroatoms. The second kappa shape index (κ2) is 25.1. The van der Waals surface area contributed by atoms with Gasteiger partial charge in [-0.05, 0) is 155 Å². The van der Waals surface area contributed by atoms with E-state index in [0.29, 0.717) is 57.1 Å². The first kappa shape index (κ1) is 62.6. The van der Waals surface area contributed by atoms with Crippen LogP contribution >= 0.6 is 0 Å². The Kier molecular flexibility index (Phi) is 15.4. The first-order chi connectivity index (χ1) is 49.6. The van der Waals surface area contributed by atoms with Gasteiger partial charge in [0.15, 0.2) is 34.9 Å². The fraction of sp³-hybridized carbons (Fsp3) is 0.0455. The molecule has 0 N–H and O–H groups in total. The zero-order valence-corrected chi connectivity index (χ0v) is 54.7. The summed E-state index contributed by atoms with van der Waals surface area (Å²) in [4.78, 5) is 31.1. The van der Waals surface area contributed by atoms with Gasteiger partial charge in [-0.15, -0.1) is 0 Å². The molecule has 13 aromatic carbocycles. The van der Waals surface area contributed by atoms with E-state index in [9.17, 15) is 26.3 Å². The molecule has 0 radical (unpaired) electrons. The number of fused-ring (bicyclic) bond motifs is 6. The lowest BCUT2D eigenvalue weighted by atomic mass is 9.95. The first-order valence-corrected chi connectivity index (χ1v) is 33.2. The second-order valence-electron chi connectivity index (χ2n) is 25.5. The Bertz CT molecular complexity index is 5960. The molecule has 0 aliphatic rings. The first-order valence-electron chi connectivity index (χ1n) is 33.2. The smallest absolute Gasteiger partial charge is 0.309 e. The van der Waals surface area contributed by atoms with Gasteiger partial charge in [-0.25, -0.2) is 29.9 Å². The van der Waals surface area contributed by atoms with Crippen LogP contribution in [-0.4, -0.2) is 39.0 Å². The molecule has 4 heterocycles. The Balaban J connectivity index is 0.890. The van der Waals surface area contributed by atoms with Crippen LogP contribution in [0.25, 0.3) is 168 Å². The summed E-state index contributed by atoms with van der Waals surface area (Å²) in [5.41, 5.74) is 14.6. The van der Waals surface area contributed by atoms with E-state index in [2.05, 4.69) is 132 Å². The van der Waals surface area contributed by atoms with E-state index in [-0.39, 0.29) is 17.2 Å². The lowest BCUT2D eigenvalue weighted by Gasteiger charge is -2.16. The Morgan fingerprint density at radius 3 is 0.873 bits per heavy atom. The van der Waals surface area contributed by atoms with Crippen molar-refractivity contribution in [3.8, 4) is 124 Å². The topological polar surface area (TPSA) is 87.2 Å². The highest BCUT2D eigenvalue weighted by atomic mass is 19.4. The van der Waals surface area contributed by atoms with Crippen LogP contribution in [0.5, 0.6) is 0 Å². The number of alkyl halides is 6. The third kappa shape index (κ3) is 11.9. The van der Waals surface area contributed by atoms with E-state index in [1.54, 1.807) is 18.2 Å². The van der Waals surface area contributed by atoms with Crippen molar-refractivity contribution in [2.45, 2.75) is 26.2 Å². The molecular weight excluding hydrogens is 1280 g/mol. The zero-order chi connectivity index (χ0) is 69.4. The number of nitrogens with zero attached hydrogens (tertiary/aromatic N) is 8. The monoisotopic (exact) mass is 1340 g/mol. The molecule has 0 amide bonds. The van der Waals surface area contributed by atoms with E-state index < -0.39 is 23.5 Å². The van der Waals surface area contributed by atoms with Crippen molar-refractivity contribution in [2.24, 2.45) is 0 Å². The molecule has 490 valence electrons. The van der Waals surface area contributed by atoms with Crippen molar-refractivity contribution in [3.63, 3.8) is 0 Å². The van der Waals surface area contributed by atoms with Crippen molar-refractivity contribution in [1.82, 2.24) is 39.0 Å². The minimum atomic E-state index is -5.04. The third-order valence-corrected chi connectivity index (χ3v) is 18.6. The van der Waals surface area contributed by atoms with Crippen molar-refractivity contribution in [3.05, 3.63) is 326 Å². The summed E-state index contributed by atoms with van der Waals surface area (Å²) in [7, 11) is 0. The molecule has 17 aromatic rings. The van der Waals surface area contributed by atoms with Gasteiger partial charge in [0.1, 0.15) is 0 Å². The summed E-state index contributed by atoms with van der Waals surface area (Å²) < 4.78 is 90.7. The average Bonchev–Trinajstić information content (AvgIpc) is 1.57. The second-order valence-corrected chi connectivity index (χ2v) is 25.5. The van der Waals surface area contributed by atoms with Gasteiger partial charge in [-0.2, -0.15) is 26.3 Å². The number of hydrogen-bond donors (Lipinski definition) is 0. The number of hydrogen-bond acceptors (Lipinski definition) is 6. The fourth-order valence-electron chi connectivity index (χ4n) is 13.9. The maximum Gasteiger partial charge on any atom is 0.416 e. The zero-order valence-electron chi connectivity index (χ0n) is 54.7. The third-order valence-electron chi connectivity index (χ3n) is 18.6. The fourth-order valence-corrected chi connectivity index (χ4v) is 13.9. The molecule has 0 saturated carbocycles. The van der Waals surface area contributed by atoms with Gasteiger partial charge in [-0.1, -0.05) is 217 Å². The van der Waals surface area contributed by atoms with Crippen molar-refractivity contribution in [2.75, 3.05) is 0 Å². The van der Waals surface area contributed by atoms with Crippen LogP contribution in [0.4, 0.5) is 26.3 Å². The number of aryl methyl sites for hydroxylation is 2. The van der Waals surface area contributed by atoms with Crippen LogP contribution in [0.3, 0.4) is 0 Å². The largest absolute Gasteiger partial charge is 0.416 e. The summed E-state index contributed by atoms with van der Waals surface area (Å²) in [6.07, 6.45) is -10.1. The Morgan fingerprint density at radius 1 is 0.216 bits per heavy atom. The maximum atomic E-state index is 14.4. The number of rotatable bonds is 12. The van der Waals surface area contributed by atoms with E-state index in [1.807, 2.05) is 158 Å². The molecule has 4 aromatic heterocycles. The molecule has 0 spiro atoms. The predicted molar refractivity (Wildman–Crippen MR) is 396 cm³/mol. The lowest BCUT2D eigenvalue weighted by molar-refractivity contribution is -0.143. The molecule has 0 aliphatic heterocycles. The van der Waals surface area contributed by atoms with Crippen LogP contribution in [0.2, 0.25) is 0 Å². The summed E-state index contributed by atoms with van der Waals surface area (Å²) in [6.45, 7) is 4.25. The van der Waals surface area contributed by atoms with Gasteiger partial charge in [0.25, 0.3) is 0 Å². The molecule has 0 fully saturated rings. The summed E-state index contributed by atoms with van der Waals surface area (Å²) >= 11 is 0. The molecule has 0 saturated heterocycles. The van der Waals surface area contributed by atoms with Gasteiger partial charge in [0.05, 0.1) is 33.2 Å². The molecule has 102 heavy (non-hydrogen) atoms. The summed E-state index contributed by atoms with van der Waals surface area (Å²) in [6, 6.07) is 96.3. The summed E-state index contributed by atoms with van der Waals surface area (Å²) in [5, 5.41) is 3.50. The minimum absolute atomic E-state index is 0.149. The van der Waals surface area contributed by atoms with E-state index in [4.69, 9.17) is 29.9 Å².